The molecule has 1 aromatic carbocycles. The molecule has 0 aromatic heterocycles. The van der Waals surface area contributed by atoms with E-state index in [4.69, 9.17) is 21.8 Å². The number of hydrogen-bond donors (Lipinski definition) is 1. The minimum absolute atomic E-state index is 0.256. The SMILES string of the molecule is CN=Cc1cc(OC)cc(C)c1O.[Cl][Zr][Cl]. The van der Waals surface area contributed by atoms with Crippen LogP contribution in [-0.2, 0) is 20.8 Å². The van der Waals surface area contributed by atoms with Crippen LogP contribution in [-0.4, -0.2) is 25.5 Å². The molecule has 0 aliphatic carbocycles. The second kappa shape index (κ2) is 9.03. The number of benzene rings is 1. The Bertz CT molecular complexity index is 359. The van der Waals surface area contributed by atoms with Gasteiger partial charge in [0.05, 0.1) is 7.11 Å². The van der Waals surface area contributed by atoms with Gasteiger partial charge in [-0.25, -0.2) is 0 Å². The topological polar surface area (TPSA) is 41.8 Å². The van der Waals surface area contributed by atoms with E-state index in [1.165, 1.54) is 0 Å². The van der Waals surface area contributed by atoms with Crippen LogP contribution in [0.4, 0.5) is 0 Å². The van der Waals surface area contributed by atoms with E-state index in [9.17, 15) is 5.11 Å². The first-order chi connectivity index (χ1) is 7.60. The summed E-state index contributed by atoms with van der Waals surface area (Å²) in [6.07, 6.45) is 1.60. The zero-order valence-electron chi connectivity index (χ0n) is 9.29. The quantitative estimate of drug-likeness (QED) is 0.840. The Hall–Kier alpha value is -0.0469. The van der Waals surface area contributed by atoms with Crippen LogP contribution in [0.15, 0.2) is 17.1 Å². The van der Waals surface area contributed by atoms with Gasteiger partial charge in [0.25, 0.3) is 0 Å². The van der Waals surface area contributed by atoms with Crippen LogP contribution < -0.4 is 4.74 Å². The number of nitrogens with zero attached hydrogens (tertiary/aromatic N) is 1. The van der Waals surface area contributed by atoms with E-state index in [1.807, 2.05) is 6.92 Å². The number of aromatic hydroxyl groups is 1. The van der Waals surface area contributed by atoms with Crippen molar-refractivity contribution in [2.24, 2.45) is 4.99 Å². The molecule has 6 heteroatoms. The first-order valence-corrected chi connectivity index (χ1v) is 10.7. The van der Waals surface area contributed by atoms with Gasteiger partial charge < -0.3 is 9.84 Å². The fourth-order valence-corrected chi connectivity index (χ4v) is 1.13. The number of methoxy groups -OCH3 is 1. The predicted octanol–water partition coefficient (Wildman–Crippen LogP) is 3.13. The molecule has 0 amide bonds. The van der Waals surface area contributed by atoms with Gasteiger partial charge in [0.1, 0.15) is 11.5 Å². The average molecular weight is 341 g/mol. The van der Waals surface area contributed by atoms with Crippen LogP contribution in [0.5, 0.6) is 11.5 Å². The van der Waals surface area contributed by atoms with Gasteiger partial charge in [0.15, 0.2) is 0 Å². The van der Waals surface area contributed by atoms with Crippen molar-refractivity contribution in [3.8, 4) is 11.5 Å². The Kier molecular flexibility index (Phi) is 9.01. The minimum atomic E-state index is -0.826. The Balaban J connectivity index is 0.000000673. The van der Waals surface area contributed by atoms with Crippen molar-refractivity contribution in [2.45, 2.75) is 6.92 Å². The third-order valence-corrected chi connectivity index (χ3v) is 1.81. The van der Waals surface area contributed by atoms with Crippen molar-refractivity contribution < 1.29 is 30.7 Å². The summed E-state index contributed by atoms with van der Waals surface area (Å²) in [5.74, 6) is 0.983. The van der Waals surface area contributed by atoms with E-state index in [-0.39, 0.29) is 5.75 Å². The summed E-state index contributed by atoms with van der Waals surface area (Å²) in [7, 11) is 13.1. The maximum absolute atomic E-state index is 9.60. The fourth-order valence-electron chi connectivity index (χ4n) is 1.13. The van der Waals surface area contributed by atoms with E-state index in [1.54, 1.807) is 32.5 Å². The fraction of sp³-hybridized carbons (Fsp3) is 0.300. The van der Waals surface area contributed by atoms with E-state index in [2.05, 4.69) is 4.99 Å². The van der Waals surface area contributed by atoms with E-state index >= 15 is 0 Å². The number of phenols is 1. The molecule has 1 rings (SSSR count). The number of halogens is 2. The summed E-state index contributed by atoms with van der Waals surface area (Å²) in [6, 6.07) is 3.53. The molecule has 1 aromatic rings. The second-order valence-electron chi connectivity index (χ2n) is 2.84. The zero-order chi connectivity index (χ0) is 12.6. The van der Waals surface area contributed by atoms with Crippen LogP contribution in [0.25, 0.3) is 0 Å². The molecule has 0 spiro atoms. The molecular formula is C10H13Cl2NO2Zr. The number of rotatable bonds is 2. The predicted molar refractivity (Wildman–Crippen MR) is 64.6 cm³/mol. The Morgan fingerprint density at radius 2 is 2.00 bits per heavy atom. The van der Waals surface area contributed by atoms with E-state index in [0.717, 1.165) is 11.3 Å². The van der Waals surface area contributed by atoms with Gasteiger partial charge in [-0.1, -0.05) is 0 Å². The third-order valence-electron chi connectivity index (χ3n) is 1.81. The van der Waals surface area contributed by atoms with Crippen LogP contribution in [0.2, 0.25) is 0 Å². The number of hydrogen-bond acceptors (Lipinski definition) is 3. The molecule has 0 bridgehead atoms. The van der Waals surface area contributed by atoms with Crippen LogP contribution in [0.1, 0.15) is 11.1 Å². The molecule has 0 heterocycles. The van der Waals surface area contributed by atoms with Crippen molar-refractivity contribution in [2.75, 3.05) is 14.2 Å². The van der Waals surface area contributed by atoms with Gasteiger partial charge in [-0.3, -0.25) is 4.99 Å². The van der Waals surface area contributed by atoms with Crippen molar-refractivity contribution in [1.82, 2.24) is 0 Å². The summed E-state index contributed by atoms with van der Waals surface area (Å²) < 4.78 is 5.06. The van der Waals surface area contributed by atoms with Gasteiger partial charge in [-0.15, -0.1) is 0 Å². The molecule has 0 fully saturated rings. The molecule has 0 unspecified atom stereocenters. The number of ether oxygens (including phenoxy) is 1. The molecule has 0 aliphatic rings. The first-order valence-electron chi connectivity index (χ1n) is 4.36. The van der Waals surface area contributed by atoms with Gasteiger partial charge in [0.2, 0.25) is 0 Å². The van der Waals surface area contributed by atoms with Crippen LogP contribution in [0.3, 0.4) is 0 Å². The molecule has 0 atom stereocenters. The van der Waals surface area contributed by atoms with Gasteiger partial charge >= 0.3 is 37.9 Å². The maximum atomic E-state index is 9.60. The van der Waals surface area contributed by atoms with Gasteiger partial charge in [0, 0.05) is 18.8 Å². The van der Waals surface area contributed by atoms with E-state index in [0.29, 0.717) is 5.56 Å². The molecule has 88 valence electrons. The molecule has 1 N–H and O–H groups in total. The Labute approximate surface area is 114 Å². The summed E-state index contributed by atoms with van der Waals surface area (Å²) in [5, 5.41) is 9.60. The summed E-state index contributed by atoms with van der Waals surface area (Å²) in [5.41, 5.74) is 1.47. The van der Waals surface area contributed by atoms with Gasteiger partial charge in [-0.2, -0.15) is 0 Å². The monoisotopic (exact) mass is 339 g/mol. The number of phenolic OH excluding ortho intramolecular Hbond substituents is 1. The van der Waals surface area contributed by atoms with Crippen molar-refractivity contribution in [3.05, 3.63) is 23.3 Å². The molecule has 0 saturated carbocycles. The summed E-state index contributed by atoms with van der Waals surface area (Å²) >= 11 is -0.826. The first kappa shape index (κ1) is 16.0. The standard InChI is InChI=1S/C10H13NO2.2ClH.Zr/c1-7-4-9(13-3)5-8(6-11-2)10(7)12;;;/h4-6,12H,1-3H3;2*1H;/q;;;+2/p-2. The summed E-state index contributed by atoms with van der Waals surface area (Å²) in [6.45, 7) is 1.82. The molecule has 0 radical (unpaired) electrons. The molecule has 16 heavy (non-hydrogen) atoms. The number of aliphatic imine (C=N–C) groups is 1. The van der Waals surface area contributed by atoms with Crippen molar-refractivity contribution in [1.29, 1.82) is 0 Å². The second-order valence-corrected chi connectivity index (χ2v) is 6.57. The molecule has 0 aliphatic heterocycles. The molecule has 3 nitrogen and oxygen atoms in total. The third kappa shape index (κ3) is 5.33. The normalized spacial score (nSPS) is 9.56. The van der Waals surface area contributed by atoms with Crippen LogP contribution in [0, 0.1) is 6.92 Å². The van der Waals surface area contributed by atoms with Crippen molar-refractivity contribution in [3.63, 3.8) is 0 Å². The zero-order valence-corrected chi connectivity index (χ0v) is 13.3. The molecular weight excluding hydrogens is 328 g/mol. The Morgan fingerprint density at radius 3 is 2.44 bits per heavy atom. The summed E-state index contributed by atoms with van der Waals surface area (Å²) in [4.78, 5) is 3.84. The van der Waals surface area contributed by atoms with Crippen LogP contribution >= 0.6 is 17.0 Å². The Morgan fingerprint density at radius 1 is 1.44 bits per heavy atom. The average Bonchev–Trinajstić information content (AvgIpc) is 2.26. The number of aryl methyl sites for hydroxylation is 1. The van der Waals surface area contributed by atoms with Gasteiger partial charge in [-0.05, 0) is 24.6 Å². The van der Waals surface area contributed by atoms with Crippen molar-refractivity contribution >= 4 is 23.2 Å². The molecule has 0 saturated heterocycles. The van der Waals surface area contributed by atoms with E-state index < -0.39 is 20.8 Å².